The topological polar surface area (TPSA) is 106 Å². The van der Waals surface area contributed by atoms with Gasteiger partial charge in [-0.3, -0.25) is 9.59 Å². The van der Waals surface area contributed by atoms with Crippen molar-refractivity contribution < 1.29 is 18.7 Å². The largest absolute Gasteiger partial charge is 0.482 e. The van der Waals surface area contributed by atoms with Crippen molar-refractivity contribution in [2.75, 3.05) is 17.7 Å². The Kier molecular flexibility index (Phi) is 8.94. The van der Waals surface area contributed by atoms with Gasteiger partial charge in [0.05, 0.1) is 17.0 Å². The number of thioether (sulfide) groups is 1. The first-order valence-electron chi connectivity index (χ1n) is 10.0. The number of hydrogen-bond donors (Lipinski definition) is 2. The number of rotatable bonds is 9. The molecule has 2 amide bonds. The minimum absolute atomic E-state index is 0.119. The van der Waals surface area contributed by atoms with Crippen LogP contribution >= 0.6 is 23.4 Å². The molecule has 8 nitrogen and oxygen atoms in total. The van der Waals surface area contributed by atoms with Crippen LogP contribution < -0.4 is 15.5 Å². The van der Waals surface area contributed by atoms with E-state index in [9.17, 15) is 14.0 Å². The van der Waals surface area contributed by atoms with Gasteiger partial charge >= 0.3 is 0 Å². The molecule has 0 spiro atoms. The molecule has 34 heavy (non-hydrogen) atoms. The van der Waals surface area contributed by atoms with E-state index in [1.807, 2.05) is 19.9 Å². The van der Waals surface area contributed by atoms with Crippen molar-refractivity contribution >= 4 is 47.1 Å². The second-order valence-corrected chi connectivity index (χ2v) is 8.40. The Morgan fingerprint density at radius 1 is 1.09 bits per heavy atom. The monoisotopic (exact) mass is 501 g/mol. The lowest BCUT2D eigenvalue weighted by molar-refractivity contribution is -0.119. The van der Waals surface area contributed by atoms with Crippen LogP contribution in [-0.4, -0.2) is 40.4 Å². The van der Waals surface area contributed by atoms with Crippen LogP contribution in [0.3, 0.4) is 0 Å². The van der Waals surface area contributed by atoms with Gasteiger partial charge < -0.3 is 10.1 Å². The molecular weight excluding hydrogens is 481 g/mol. The Morgan fingerprint density at radius 3 is 2.47 bits per heavy atom. The number of hydrazone groups is 1. The van der Waals surface area contributed by atoms with Gasteiger partial charge in [-0.05, 0) is 67.9 Å². The molecule has 0 fully saturated rings. The molecule has 1 heterocycles. The number of ether oxygens (including phenoxy) is 1. The third-order valence-corrected chi connectivity index (χ3v) is 5.28. The second-order valence-electron chi connectivity index (χ2n) is 7.05. The molecule has 0 saturated carbocycles. The fourth-order valence-electron chi connectivity index (χ4n) is 2.69. The van der Waals surface area contributed by atoms with E-state index in [1.54, 1.807) is 18.2 Å². The lowest BCUT2D eigenvalue weighted by Gasteiger charge is -2.09. The molecule has 11 heteroatoms. The van der Waals surface area contributed by atoms with E-state index < -0.39 is 11.7 Å². The summed E-state index contributed by atoms with van der Waals surface area (Å²) in [6, 6.07) is 12.1. The van der Waals surface area contributed by atoms with Crippen LogP contribution in [-0.2, 0) is 9.59 Å². The highest BCUT2D eigenvalue weighted by atomic mass is 35.5. The quantitative estimate of drug-likeness (QED) is 0.197. The summed E-state index contributed by atoms with van der Waals surface area (Å²) in [5.74, 6) is -0.687. The zero-order valence-corrected chi connectivity index (χ0v) is 19.9. The minimum Gasteiger partial charge on any atom is -0.482 e. The summed E-state index contributed by atoms with van der Waals surface area (Å²) in [6.07, 6.45) is 1.44. The number of hydrogen-bond acceptors (Lipinski definition) is 7. The highest BCUT2D eigenvalue weighted by molar-refractivity contribution is 7.99. The SMILES string of the molecule is Cc1cc(C)nc(SCC(=O)N/N=C\c2ccc(OCC(=O)Nc3ccc(F)cc3)c(Cl)c2)n1. The highest BCUT2D eigenvalue weighted by Gasteiger charge is 2.08. The summed E-state index contributed by atoms with van der Waals surface area (Å²) in [5, 5.41) is 7.31. The molecule has 0 atom stereocenters. The van der Waals surface area contributed by atoms with E-state index in [4.69, 9.17) is 16.3 Å². The summed E-state index contributed by atoms with van der Waals surface area (Å²) in [5.41, 5.74) is 5.19. The van der Waals surface area contributed by atoms with Gasteiger partial charge in [-0.25, -0.2) is 19.8 Å². The average Bonchev–Trinajstić information content (AvgIpc) is 2.78. The lowest BCUT2D eigenvalue weighted by Crippen LogP contribution is -2.20. The number of benzene rings is 2. The Hall–Kier alpha value is -3.50. The standard InChI is InChI=1S/C23H21ClFN5O3S/c1-14-9-15(2)28-23(27-14)34-13-22(32)30-26-11-16-3-8-20(19(24)10-16)33-12-21(31)29-18-6-4-17(25)5-7-18/h3-11H,12-13H2,1-2H3,(H,29,31)(H,30,32)/b26-11-. The average molecular weight is 502 g/mol. The molecule has 0 saturated heterocycles. The smallest absolute Gasteiger partial charge is 0.262 e. The van der Waals surface area contributed by atoms with Gasteiger partial charge in [-0.1, -0.05) is 23.4 Å². The molecule has 0 aliphatic carbocycles. The van der Waals surface area contributed by atoms with Crippen molar-refractivity contribution in [3.05, 3.63) is 76.3 Å². The van der Waals surface area contributed by atoms with Crippen molar-refractivity contribution in [2.45, 2.75) is 19.0 Å². The first kappa shape index (κ1) is 25.1. The molecule has 0 radical (unpaired) electrons. The zero-order chi connectivity index (χ0) is 24.5. The van der Waals surface area contributed by atoms with Crippen molar-refractivity contribution in [1.82, 2.24) is 15.4 Å². The van der Waals surface area contributed by atoms with E-state index in [1.165, 1.54) is 42.2 Å². The fourth-order valence-corrected chi connectivity index (χ4v) is 3.67. The van der Waals surface area contributed by atoms with Crippen LogP contribution in [0.25, 0.3) is 0 Å². The number of nitrogens with one attached hydrogen (secondary N) is 2. The molecule has 3 rings (SSSR count). The second kappa shape index (κ2) is 12.1. The molecular formula is C23H21ClFN5O3S. The number of anilines is 1. The van der Waals surface area contributed by atoms with E-state index in [-0.39, 0.29) is 23.3 Å². The van der Waals surface area contributed by atoms with Crippen molar-refractivity contribution in [1.29, 1.82) is 0 Å². The maximum atomic E-state index is 12.9. The Labute approximate surface area is 205 Å². The predicted molar refractivity (Wildman–Crippen MR) is 130 cm³/mol. The van der Waals surface area contributed by atoms with Crippen LogP contribution in [0.5, 0.6) is 5.75 Å². The van der Waals surface area contributed by atoms with Gasteiger partial charge in [-0.15, -0.1) is 0 Å². The molecule has 0 aliphatic heterocycles. The maximum absolute atomic E-state index is 12.9. The van der Waals surface area contributed by atoms with Gasteiger partial charge in [0.1, 0.15) is 11.6 Å². The number of halogens is 2. The number of nitrogens with zero attached hydrogens (tertiary/aromatic N) is 3. The van der Waals surface area contributed by atoms with Crippen molar-refractivity contribution in [3.63, 3.8) is 0 Å². The number of amides is 2. The summed E-state index contributed by atoms with van der Waals surface area (Å²) in [4.78, 5) is 32.5. The van der Waals surface area contributed by atoms with Gasteiger partial charge in [0.25, 0.3) is 11.8 Å². The van der Waals surface area contributed by atoms with Gasteiger partial charge in [0.15, 0.2) is 11.8 Å². The maximum Gasteiger partial charge on any atom is 0.262 e. The Morgan fingerprint density at radius 2 is 1.79 bits per heavy atom. The molecule has 0 aliphatic rings. The fraction of sp³-hybridized carbons (Fsp3) is 0.174. The van der Waals surface area contributed by atoms with Crippen LogP contribution in [0.1, 0.15) is 17.0 Å². The van der Waals surface area contributed by atoms with Crippen LogP contribution in [0.2, 0.25) is 5.02 Å². The highest BCUT2D eigenvalue weighted by Crippen LogP contribution is 2.25. The molecule has 0 bridgehead atoms. The molecule has 2 aromatic carbocycles. The number of carbonyl (C=O) groups is 2. The molecule has 0 unspecified atom stereocenters. The van der Waals surface area contributed by atoms with Gasteiger partial charge in [0, 0.05) is 17.1 Å². The molecule has 3 aromatic rings. The third kappa shape index (κ3) is 8.13. The Balaban J connectivity index is 1.45. The number of aryl methyl sites for hydroxylation is 2. The van der Waals surface area contributed by atoms with E-state index in [0.29, 0.717) is 22.2 Å². The van der Waals surface area contributed by atoms with Crippen molar-refractivity contribution in [3.8, 4) is 5.75 Å². The molecule has 2 N–H and O–H groups in total. The zero-order valence-electron chi connectivity index (χ0n) is 18.3. The number of carbonyl (C=O) groups excluding carboxylic acids is 2. The van der Waals surface area contributed by atoms with Crippen LogP contribution in [0, 0.1) is 19.7 Å². The van der Waals surface area contributed by atoms with Crippen molar-refractivity contribution in [2.24, 2.45) is 5.10 Å². The summed E-state index contributed by atoms with van der Waals surface area (Å²) >= 11 is 7.43. The minimum atomic E-state index is -0.417. The lowest BCUT2D eigenvalue weighted by atomic mass is 10.2. The summed E-state index contributed by atoms with van der Waals surface area (Å²) in [6.45, 7) is 3.46. The summed E-state index contributed by atoms with van der Waals surface area (Å²) < 4.78 is 18.4. The summed E-state index contributed by atoms with van der Waals surface area (Å²) in [7, 11) is 0. The normalized spacial score (nSPS) is 10.8. The Bertz CT molecular complexity index is 1190. The van der Waals surface area contributed by atoms with Crippen LogP contribution in [0.15, 0.2) is 58.8 Å². The van der Waals surface area contributed by atoms with E-state index in [2.05, 4.69) is 25.8 Å². The molecule has 1 aromatic heterocycles. The number of aromatic nitrogens is 2. The first-order chi connectivity index (χ1) is 16.3. The van der Waals surface area contributed by atoms with E-state index in [0.717, 1.165) is 11.4 Å². The first-order valence-corrected chi connectivity index (χ1v) is 11.4. The van der Waals surface area contributed by atoms with E-state index >= 15 is 0 Å². The van der Waals surface area contributed by atoms with Crippen LogP contribution in [0.4, 0.5) is 10.1 Å². The predicted octanol–water partition coefficient (Wildman–Crippen LogP) is 4.15. The third-order valence-electron chi connectivity index (χ3n) is 4.14. The van der Waals surface area contributed by atoms with Gasteiger partial charge in [0.2, 0.25) is 0 Å². The molecule has 176 valence electrons. The van der Waals surface area contributed by atoms with Gasteiger partial charge in [-0.2, -0.15) is 5.10 Å².